The van der Waals surface area contributed by atoms with E-state index in [1.54, 1.807) is 0 Å². The van der Waals surface area contributed by atoms with Crippen LogP contribution in [0, 0.1) is 11.6 Å². The minimum absolute atomic E-state index is 0.0648. The highest BCUT2D eigenvalue weighted by molar-refractivity contribution is 5.86. The van der Waals surface area contributed by atoms with Gasteiger partial charge in [-0.25, -0.2) is 13.6 Å². The van der Waals surface area contributed by atoms with Gasteiger partial charge in [-0.15, -0.1) is 0 Å². The number of carboxylic acids is 1. The number of benzene rings is 1. The minimum atomic E-state index is -1.15. The summed E-state index contributed by atoms with van der Waals surface area (Å²) in [5.74, 6) is -2.56. The van der Waals surface area contributed by atoms with Gasteiger partial charge in [0.2, 0.25) is 0 Å². The largest absolute Gasteiger partial charge is 0.477 e. The van der Waals surface area contributed by atoms with E-state index in [4.69, 9.17) is 5.11 Å². The molecule has 2 aromatic rings. The summed E-state index contributed by atoms with van der Waals surface area (Å²) in [6.45, 7) is 0.0701. The summed E-state index contributed by atoms with van der Waals surface area (Å²) in [5, 5.41) is 17.4. The summed E-state index contributed by atoms with van der Waals surface area (Å²) in [4.78, 5) is 10.8. The van der Waals surface area contributed by atoms with E-state index in [1.807, 2.05) is 0 Å². The number of rotatable bonds is 4. The van der Waals surface area contributed by atoms with E-state index in [-0.39, 0.29) is 17.9 Å². The maximum atomic E-state index is 13.3. The van der Waals surface area contributed by atoms with Crippen LogP contribution < -0.4 is 5.32 Å². The van der Waals surface area contributed by atoms with Crippen LogP contribution in [-0.2, 0) is 6.54 Å². The lowest BCUT2D eigenvalue weighted by atomic mass is 10.2. The molecule has 2 rings (SSSR count). The molecule has 0 fully saturated rings. The average Bonchev–Trinajstić information content (AvgIpc) is 2.76. The predicted molar refractivity (Wildman–Crippen MR) is 59.2 cm³/mol. The number of hydrogen-bond donors (Lipinski definition) is 3. The first kappa shape index (κ1) is 12.0. The molecule has 0 bridgehead atoms. The van der Waals surface area contributed by atoms with Crippen LogP contribution in [0.25, 0.3) is 0 Å². The van der Waals surface area contributed by atoms with Crippen molar-refractivity contribution in [2.24, 2.45) is 0 Å². The number of aromatic amines is 1. The van der Waals surface area contributed by atoms with Crippen molar-refractivity contribution < 1.29 is 18.7 Å². The number of carboxylic acid groups (broad SMARTS) is 1. The molecule has 3 N–H and O–H groups in total. The molecule has 1 aromatic heterocycles. The zero-order valence-corrected chi connectivity index (χ0v) is 9.08. The average molecular weight is 253 g/mol. The number of nitrogens with one attached hydrogen (secondary N) is 2. The minimum Gasteiger partial charge on any atom is -0.477 e. The lowest BCUT2D eigenvalue weighted by Crippen LogP contribution is -2.07. The van der Waals surface area contributed by atoms with E-state index in [2.05, 4.69) is 15.5 Å². The molecule has 7 heteroatoms. The van der Waals surface area contributed by atoms with Gasteiger partial charge in [-0.1, -0.05) is 0 Å². The molecule has 0 aliphatic heterocycles. The van der Waals surface area contributed by atoms with Crippen molar-refractivity contribution in [2.75, 3.05) is 5.32 Å². The molecule has 0 saturated heterocycles. The molecule has 94 valence electrons. The Morgan fingerprint density at radius 3 is 2.89 bits per heavy atom. The Labute approximate surface area is 100 Å². The second kappa shape index (κ2) is 4.82. The third-order valence-electron chi connectivity index (χ3n) is 2.33. The Bertz CT molecular complexity index is 583. The molecule has 1 heterocycles. The monoisotopic (exact) mass is 253 g/mol. The maximum absolute atomic E-state index is 13.3. The van der Waals surface area contributed by atoms with Crippen molar-refractivity contribution in [1.82, 2.24) is 10.2 Å². The summed E-state index contributed by atoms with van der Waals surface area (Å²) in [7, 11) is 0. The number of aromatic nitrogens is 2. The number of H-pyrrole nitrogens is 1. The maximum Gasteiger partial charge on any atom is 0.354 e. The van der Waals surface area contributed by atoms with E-state index >= 15 is 0 Å². The second-order valence-electron chi connectivity index (χ2n) is 3.55. The van der Waals surface area contributed by atoms with Crippen LogP contribution in [0.4, 0.5) is 14.5 Å². The third-order valence-corrected chi connectivity index (χ3v) is 2.33. The van der Waals surface area contributed by atoms with Crippen molar-refractivity contribution in [3.05, 3.63) is 47.3 Å². The number of aromatic carboxylic acids is 1. The molecular formula is C11H9F2N3O2. The predicted octanol–water partition coefficient (Wildman–Crippen LogP) is 2.00. The fourth-order valence-electron chi connectivity index (χ4n) is 1.45. The van der Waals surface area contributed by atoms with Gasteiger partial charge >= 0.3 is 5.97 Å². The Hall–Kier alpha value is -2.44. The smallest absolute Gasteiger partial charge is 0.354 e. The standard InChI is InChI=1S/C11H9F2N3O2/c12-7-1-2-9(8(13)3-7)14-4-6-5-15-16-10(6)11(17)18/h1-3,5,14H,4H2,(H,15,16)(H,17,18). The van der Waals surface area contributed by atoms with Gasteiger partial charge < -0.3 is 10.4 Å². The Balaban J connectivity index is 2.11. The van der Waals surface area contributed by atoms with Crippen molar-refractivity contribution in [2.45, 2.75) is 6.54 Å². The van der Waals surface area contributed by atoms with E-state index < -0.39 is 17.6 Å². The SMILES string of the molecule is O=C(O)c1[nH]ncc1CNc1ccc(F)cc1F. The topological polar surface area (TPSA) is 78.0 Å². The summed E-state index contributed by atoms with van der Waals surface area (Å²) in [6.07, 6.45) is 1.33. The normalized spacial score (nSPS) is 10.3. The number of carbonyl (C=O) groups is 1. The van der Waals surface area contributed by atoms with E-state index in [0.717, 1.165) is 12.1 Å². The second-order valence-corrected chi connectivity index (χ2v) is 3.55. The summed E-state index contributed by atoms with van der Waals surface area (Å²) in [5.41, 5.74) is 0.408. The Morgan fingerprint density at radius 1 is 1.44 bits per heavy atom. The Morgan fingerprint density at radius 2 is 2.22 bits per heavy atom. The molecule has 0 atom stereocenters. The Kier molecular flexibility index (Phi) is 3.22. The molecule has 1 aromatic carbocycles. The van der Waals surface area contributed by atoms with Gasteiger partial charge in [0.15, 0.2) is 0 Å². The first-order chi connectivity index (χ1) is 8.58. The van der Waals surface area contributed by atoms with Crippen LogP contribution in [0.3, 0.4) is 0 Å². The number of nitrogens with zero attached hydrogens (tertiary/aromatic N) is 1. The first-order valence-electron chi connectivity index (χ1n) is 5.02. The van der Waals surface area contributed by atoms with Gasteiger partial charge in [-0.05, 0) is 12.1 Å². The van der Waals surface area contributed by atoms with Crippen molar-refractivity contribution in [3.63, 3.8) is 0 Å². The number of halogens is 2. The molecule has 0 amide bonds. The van der Waals surface area contributed by atoms with Crippen LogP contribution in [0.15, 0.2) is 24.4 Å². The van der Waals surface area contributed by atoms with Crippen LogP contribution in [0.2, 0.25) is 0 Å². The van der Waals surface area contributed by atoms with Gasteiger partial charge in [0, 0.05) is 18.2 Å². The van der Waals surface area contributed by atoms with Crippen molar-refractivity contribution >= 4 is 11.7 Å². The lowest BCUT2D eigenvalue weighted by Gasteiger charge is -2.06. The van der Waals surface area contributed by atoms with Gasteiger partial charge in [0.1, 0.15) is 17.3 Å². The van der Waals surface area contributed by atoms with Gasteiger partial charge in [0.05, 0.1) is 11.9 Å². The van der Waals surface area contributed by atoms with E-state index in [1.165, 1.54) is 12.3 Å². The van der Waals surface area contributed by atoms with Crippen LogP contribution in [0.5, 0.6) is 0 Å². The molecule has 0 unspecified atom stereocenters. The number of hydrogen-bond acceptors (Lipinski definition) is 3. The third kappa shape index (κ3) is 2.45. The molecule has 0 saturated carbocycles. The molecule has 18 heavy (non-hydrogen) atoms. The van der Waals surface area contributed by atoms with E-state index in [0.29, 0.717) is 5.56 Å². The highest BCUT2D eigenvalue weighted by atomic mass is 19.1. The summed E-state index contributed by atoms with van der Waals surface area (Å²) < 4.78 is 26.0. The zero-order chi connectivity index (χ0) is 13.1. The molecule has 5 nitrogen and oxygen atoms in total. The first-order valence-corrected chi connectivity index (χ1v) is 5.02. The highest BCUT2D eigenvalue weighted by Crippen LogP contribution is 2.16. The molecule has 0 spiro atoms. The lowest BCUT2D eigenvalue weighted by molar-refractivity contribution is 0.0689. The van der Waals surface area contributed by atoms with Crippen LogP contribution in [-0.4, -0.2) is 21.3 Å². The number of anilines is 1. The van der Waals surface area contributed by atoms with Crippen molar-refractivity contribution in [3.8, 4) is 0 Å². The molecule has 0 aliphatic rings. The molecule has 0 radical (unpaired) electrons. The fourth-order valence-corrected chi connectivity index (χ4v) is 1.45. The summed E-state index contributed by atoms with van der Waals surface area (Å²) >= 11 is 0. The van der Waals surface area contributed by atoms with Crippen LogP contribution in [0.1, 0.15) is 16.1 Å². The molecular weight excluding hydrogens is 244 g/mol. The highest BCUT2D eigenvalue weighted by Gasteiger charge is 2.12. The van der Waals surface area contributed by atoms with Gasteiger partial charge in [-0.2, -0.15) is 5.10 Å². The zero-order valence-electron chi connectivity index (χ0n) is 9.08. The quantitative estimate of drug-likeness (QED) is 0.778. The molecule has 0 aliphatic carbocycles. The van der Waals surface area contributed by atoms with Gasteiger partial charge in [0.25, 0.3) is 0 Å². The summed E-state index contributed by atoms with van der Waals surface area (Å²) in [6, 6.07) is 3.10. The van der Waals surface area contributed by atoms with Gasteiger partial charge in [-0.3, -0.25) is 5.10 Å². The van der Waals surface area contributed by atoms with Crippen LogP contribution >= 0.6 is 0 Å². The fraction of sp³-hybridized carbons (Fsp3) is 0.0909. The van der Waals surface area contributed by atoms with Crippen molar-refractivity contribution in [1.29, 1.82) is 0 Å². The van der Waals surface area contributed by atoms with E-state index in [9.17, 15) is 13.6 Å².